The number of methoxy groups -OCH3 is 1. The van der Waals surface area contributed by atoms with E-state index in [1.807, 2.05) is 6.92 Å². The van der Waals surface area contributed by atoms with E-state index >= 15 is 0 Å². The number of nitrogens with zero attached hydrogens (tertiary/aromatic N) is 1. The van der Waals surface area contributed by atoms with Gasteiger partial charge in [0.1, 0.15) is 11.6 Å². The lowest BCUT2D eigenvalue weighted by Crippen LogP contribution is -2.34. The Morgan fingerprint density at radius 2 is 2.10 bits per heavy atom. The highest BCUT2D eigenvalue weighted by molar-refractivity contribution is 9.10. The number of carbonyl (C=O) groups excluding carboxylic acids is 1. The highest BCUT2D eigenvalue weighted by Crippen LogP contribution is 2.41. The summed E-state index contributed by atoms with van der Waals surface area (Å²) >= 11 is 3.38. The monoisotopic (exact) mass is 471 g/mol. The summed E-state index contributed by atoms with van der Waals surface area (Å²) < 4.78 is 19.4. The van der Waals surface area contributed by atoms with Crippen LogP contribution in [0.5, 0.6) is 0 Å². The summed E-state index contributed by atoms with van der Waals surface area (Å²) in [4.78, 5) is 13.4. The quantitative estimate of drug-likeness (QED) is 0.447. The van der Waals surface area contributed by atoms with E-state index < -0.39 is 17.6 Å². The average Bonchev–Trinajstić information content (AvgIpc) is 2.68. The number of carbonyl (C=O) groups is 1. The summed E-state index contributed by atoms with van der Waals surface area (Å²) in [5.74, 6) is -1.10. The van der Waals surface area contributed by atoms with Gasteiger partial charge in [-0.3, -0.25) is 4.79 Å². The van der Waals surface area contributed by atoms with Gasteiger partial charge in [-0.05, 0) is 50.6 Å². The molecule has 0 bridgehead atoms. The van der Waals surface area contributed by atoms with Crippen molar-refractivity contribution in [3.05, 3.63) is 92.9 Å². The molecular weight excluding hydrogens is 449 g/mol. The number of nitriles is 1. The smallest absolute Gasteiger partial charge is 0.254 e. The summed E-state index contributed by atoms with van der Waals surface area (Å²) in [5.41, 5.74) is 3.02. The molecule has 0 spiro atoms. The van der Waals surface area contributed by atoms with Crippen molar-refractivity contribution >= 4 is 21.8 Å². The summed E-state index contributed by atoms with van der Waals surface area (Å²) in [5, 5.41) is 15.8. The first kappa shape index (κ1) is 23.2. The summed E-state index contributed by atoms with van der Waals surface area (Å²) in [7, 11) is 1.48. The van der Waals surface area contributed by atoms with Crippen LogP contribution in [-0.4, -0.2) is 13.0 Å². The van der Waals surface area contributed by atoms with Crippen LogP contribution < -0.4 is 10.6 Å². The van der Waals surface area contributed by atoms with Crippen LogP contribution in [0.4, 0.5) is 4.39 Å². The molecule has 0 radical (unpaired) electrons. The second-order valence-corrected chi connectivity index (χ2v) is 7.41. The molecule has 1 heterocycles. The second kappa shape index (κ2) is 10.1. The van der Waals surface area contributed by atoms with Crippen LogP contribution in [0.2, 0.25) is 0 Å². The van der Waals surface area contributed by atoms with Crippen LogP contribution in [0.1, 0.15) is 32.3 Å². The minimum absolute atomic E-state index is 0.353. The van der Waals surface area contributed by atoms with Gasteiger partial charge in [0.05, 0.1) is 30.4 Å². The molecule has 156 valence electrons. The number of dihydropyridines is 1. The Kier molecular flexibility index (Phi) is 7.79. The molecule has 1 aromatic carbocycles. The summed E-state index contributed by atoms with van der Waals surface area (Å²) in [6, 6.07) is 6.40. The van der Waals surface area contributed by atoms with E-state index in [0.29, 0.717) is 44.0 Å². The minimum Gasteiger partial charge on any atom is -0.495 e. The van der Waals surface area contributed by atoms with Gasteiger partial charge in [0.2, 0.25) is 0 Å². The highest BCUT2D eigenvalue weighted by Gasteiger charge is 2.34. The molecule has 0 aliphatic carbocycles. The van der Waals surface area contributed by atoms with Gasteiger partial charge in [0.25, 0.3) is 5.91 Å². The van der Waals surface area contributed by atoms with Crippen LogP contribution in [0, 0.1) is 17.1 Å². The number of halogens is 2. The molecule has 2 rings (SSSR count). The van der Waals surface area contributed by atoms with Crippen molar-refractivity contribution in [2.24, 2.45) is 0 Å². The molecule has 1 unspecified atom stereocenters. The van der Waals surface area contributed by atoms with Crippen molar-refractivity contribution in [2.75, 3.05) is 7.11 Å². The summed E-state index contributed by atoms with van der Waals surface area (Å²) in [6.07, 6.45) is 4.95. The van der Waals surface area contributed by atoms with E-state index in [2.05, 4.69) is 39.2 Å². The molecule has 1 amide bonds. The number of allylic oxidation sites excluding steroid dienone is 6. The van der Waals surface area contributed by atoms with E-state index in [4.69, 9.17) is 4.74 Å². The SMILES string of the molecule is C=C/C(OC)=C(\C=C/C)NC(=O)C1=C(C)NC(C)=C(C#N)C1c1ccc(F)cc1Br. The Balaban J connectivity index is 2.64. The zero-order chi connectivity index (χ0) is 22.4. The Morgan fingerprint density at radius 3 is 2.63 bits per heavy atom. The van der Waals surface area contributed by atoms with Gasteiger partial charge in [-0.15, -0.1) is 0 Å². The topological polar surface area (TPSA) is 74.2 Å². The number of amides is 1. The largest absolute Gasteiger partial charge is 0.495 e. The third kappa shape index (κ3) is 4.71. The lowest BCUT2D eigenvalue weighted by atomic mass is 9.80. The number of hydrogen-bond donors (Lipinski definition) is 2. The molecule has 0 saturated carbocycles. The number of hydrogen-bond acceptors (Lipinski definition) is 4. The van der Waals surface area contributed by atoms with Crippen molar-refractivity contribution < 1.29 is 13.9 Å². The van der Waals surface area contributed by atoms with Gasteiger partial charge in [-0.25, -0.2) is 4.39 Å². The van der Waals surface area contributed by atoms with Crippen molar-refractivity contribution in [3.8, 4) is 6.07 Å². The van der Waals surface area contributed by atoms with Crippen LogP contribution in [0.15, 0.2) is 81.5 Å². The standard InChI is InChI=1S/C23H23BrFN3O2/c1-6-8-19(20(7-2)30-5)28-23(29)21-14(4)27-13(3)17(12-26)22(21)16-10-9-15(25)11-18(16)24/h6-11,22,27H,2H2,1,3-5H3,(H,28,29)/b8-6-,20-19-. The predicted molar refractivity (Wildman–Crippen MR) is 118 cm³/mol. The number of rotatable bonds is 6. The Morgan fingerprint density at radius 1 is 1.40 bits per heavy atom. The van der Waals surface area contributed by atoms with E-state index in [-0.39, 0.29) is 0 Å². The Labute approximate surface area is 184 Å². The molecule has 5 nitrogen and oxygen atoms in total. The zero-order valence-corrected chi connectivity index (χ0v) is 18.9. The number of benzene rings is 1. The van der Waals surface area contributed by atoms with E-state index in [1.165, 1.54) is 25.3 Å². The maximum atomic E-state index is 13.7. The van der Waals surface area contributed by atoms with Crippen LogP contribution >= 0.6 is 15.9 Å². The first-order valence-corrected chi connectivity index (χ1v) is 9.96. The first-order chi connectivity index (χ1) is 14.3. The zero-order valence-electron chi connectivity index (χ0n) is 17.3. The van der Waals surface area contributed by atoms with E-state index in [1.54, 1.807) is 32.1 Å². The molecule has 1 aromatic rings. The van der Waals surface area contributed by atoms with E-state index in [0.717, 1.165) is 0 Å². The van der Waals surface area contributed by atoms with Crippen LogP contribution in [0.25, 0.3) is 0 Å². The Hall–Kier alpha value is -3.11. The van der Waals surface area contributed by atoms with Crippen molar-refractivity contribution in [2.45, 2.75) is 26.7 Å². The average molecular weight is 472 g/mol. The normalized spacial score (nSPS) is 17.3. The lowest BCUT2D eigenvalue weighted by molar-refractivity contribution is -0.117. The number of ether oxygens (including phenoxy) is 1. The molecule has 0 saturated heterocycles. The van der Waals surface area contributed by atoms with Crippen LogP contribution in [0.3, 0.4) is 0 Å². The molecule has 1 aliphatic rings. The van der Waals surface area contributed by atoms with Gasteiger partial charge in [-0.2, -0.15) is 5.26 Å². The Bertz CT molecular complexity index is 1050. The molecule has 30 heavy (non-hydrogen) atoms. The molecule has 0 fully saturated rings. The number of nitrogens with one attached hydrogen (secondary N) is 2. The van der Waals surface area contributed by atoms with Gasteiger partial charge in [-0.1, -0.05) is 34.7 Å². The third-order valence-electron chi connectivity index (χ3n) is 4.65. The molecule has 2 N–H and O–H groups in total. The van der Waals surface area contributed by atoms with E-state index in [9.17, 15) is 14.4 Å². The second-order valence-electron chi connectivity index (χ2n) is 6.55. The molecule has 0 aromatic heterocycles. The molecular formula is C23H23BrFN3O2. The minimum atomic E-state index is -0.673. The maximum Gasteiger partial charge on any atom is 0.254 e. The molecule has 1 atom stereocenters. The van der Waals surface area contributed by atoms with Crippen molar-refractivity contribution in [3.63, 3.8) is 0 Å². The summed E-state index contributed by atoms with van der Waals surface area (Å²) in [6.45, 7) is 9.05. The van der Waals surface area contributed by atoms with Crippen molar-refractivity contribution in [1.29, 1.82) is 5.26 Å². The highest BCUT2D eigenvalue weighted by atomic mass is 79.9. The van der Waals surface area contributed by atoms with Crippen LogP contribution in [-0.2, 0) is 9.53 Å². The fraction of sp³-hybridized carbons (Fsp3) is 0.217. The van der Waals surface area contributed by atoms with Gasteiger partial charge >= 0.3 is 0 Å². The lowest BCUT2D eigenvalue weighted by Gasteiger charge is -2.29. The van der Waals surface area contributed by atoms with Gasteiger partial charge in [0.15, 0.2) is 0 Å². The molecule has 1 aliphatic heterocycles. The maximum absolute atomic E-state index is 13.7. The van der Waals surface area contributed by atoms with Gasteiger partial charge < -0.3 is 15.4 Å². The van der Waals surface area contributed by atoms with Crippen molar-refractivity contribution in [1.82, 2.24) is 10.6 Å². The first-order valence-electron chi connectivity index (χ1n) is 9.17. The fourth-order valence-corrected chi connectivity index (χ4v) is 3.91. The molecule has 7 heteroatoms. The van der Waals surface area contributed by atoms with Gasteiger partial charge in [0, 0.05) is 21.4 Å². The predicted octanol–water partition coefficient (Wildman–Crippen LogP) is 5.08. The third-order valence-corrected chi connectivity index (χ3v) is 5.34. The fourth-order valence-electron chi connectivity index (χ4n) is 3.33.